The molecular formula is C15H9F3N2S. The highest BCUT2D eigenvalue weighted by Gasteiger charge is 2.28. The molecule has 0 aliphatic rings. The molecule has 1 aromatic carbocycles. The summed E-state index contributed by atoms with van der Waals surface area (Å²) in [7, 11) is 0. The summed E-state index contributed by atoms with van der Waals surface area (Å²) in [4.78, 5) is 4.18. The monoisotopic (exact) mass is 306 g/mol. The highest BCUT2D eigenvalue weighted by Crippen LogP contribution is 2.36. The first-order valence-corrected chi connectivity index (χ1v) is 6.68. The summed E-state index contributed by atoms with van der Waals surface area (Å²) < 4.78 is 36.7. The van der Waals surface area contributed by atoms with Crippen LogP contribution in [0.15, 0.2) is 53.6 Å². The number of nitriles is 1. The normalized spacial score (nSPS) is 12.0. The number of thioether (sulfide) groups is 1. The van der Waals surface area contributed by atoms with Gasteiger partial charge in [0.2, 0.25) is 0 Å². The molecule has 0 unspecified atom stereocenters. The highest BCUT2D eigenvalue weighted by molar-refractivity contribution is 8.00. The van der Waals surface area contributed by atoms with Gasteiger partial charge in [0.25, 0.3) is 0 Å². The lowest BCUT2D eigenvalue weighted by atomic mass is 10.1. The second kappa shape index (κ2) is 6.46. The summed E-state index contributed by atoms with van der Waals surface area (Å²) in [6.45, 7) is 0. The van der Waals surface area contributed by atoms with Crippen molar-refractivity contribution in [1.29, 1.82) is 5.26 Å². The molecule has 0 aliphatic heterocycles. The minimum atomic E-state index is -4.30. The first kappa shape index (κ1) is 15.1. The molecule has 0 fully saturated rings. The molecule has 2 aromatic rings. The third-order valence-electron chi connectivity index (χ3n) is 2.49. The second-order valence-electron chi connectivity index (χ2n) is 4.00. The Balaban J connectivity index is 2.23. The molecule has 106 valence electrons. The number of alkyl halides is 3. The van der Waals surface area contributed by atoms with Gasteiger partial charge in [-0.05, 0) is 47.7 Å². The van der Waals surface area contributed by atoms with Crippen molar-refractivity contribution in [3.8, 4) is 6.07 Å². The topological polar surface area (TPSA) is 36.7 Å². The van der Waals surface area contributed by atoms with Crippen molar-refractivity contribution in [1.82, 2.24) is 4.98 Å². The molecule has 0 saturated carbocycles. The van der Waals surface area contributed by atoms with Gasteiger partial charge in [0.05, 0.1) is 11.3 Å². The lowest BCUT2D eigenvalue weighted by Gasteiger charge is -2.05. The number of hydrogen-bond donors (Lipinski definition) is 0. The van der Waals surface area contributed by atoms with Crippen LogP contribution in [0.3, 0.4) is 0 Å². The SMILES string of the molecule is N#C/C(=C/c1ccc(SC(F)(F)F)cc1)c1ccccn1. The fourth-order valence-corrected chi connectivity index (χ4v) is 2.16. The van der Waals surface area contributed by atoms with E-state index in [0.717, 1.165) is 0 Å². The summed E-state index contributed by atoms with van der Waals surface area (Å²) in [6, 6.07) is 13.0. The zero-order chi connectivity index (χ0) is 15.3. The summed E-state index contributed by atoms with van der Waals surface area (Å²) in [5.41, 5.74) is -2.78. The smallest absolute Gasteiger partial charge is 0.256 e. The third-order valence-corrected chi connectivity index (χ3v) is 3.23. The third kappa shape index (κ3) is 4.65. The van der Waals surface area contributed by atoms with Gasteiger partial charge in [-0.3, -0.25) is 4.98 Å². The van der Waals surface area contributed by atoms with E-state index in [4.69, 9.17) is 5.26 Å². The molecule has 0 N–H and O–H groups in total. The molecule has 0 aliphatic carbocycles. The van der Waals surface area contributed by atoms with E-state index in [1.54, 1.807) is 30.5 Å². The highest BCUT2D eigenvalue weighted by atomic mass is 32.2. The number of allylic oxidation sites excluding steroid dienone is 1. The lowest BCUT2D eigenvalue weighted by molar-refractivity contribution is -0.0328. The van der Waals surface area contributed by atoms with Crippen molar-refractivity contribution >= 4 is 23.4 Å². The maximum Gasteiger partial charge on any atom is 0.446 e. The van der Waals surface area contributed by atoms with Crippen LogP contribution in [0.4, 0.5) is 13.2 Å². The van der Waals surface area contributed by atoms with Gasteiger partial charge in [-0.15, -0.1) is 0 Å². The van der Waals surface area contributed by atoms with Crippen molar-refractivity contribution in [2.24, 2.45) is 0 Å². The van der Waals surface area contributed by atoms with E-state index < -0.39 is 5.51 Å². The van der Waals surface area contributed by atoms with E-state index in [0.29, 0.717) is 16.8 Å². The van der Waals surface area contributed by atoms with E-state index in [9.17, 15) is 13.2 Å². The maximum absolute atomic E-state index is 12.2. The van der Waals surface area contributed by atoms with Gasteiger partial charge in [0.1, 0.15) is 6.07 Å². The number of nitrogens with zero attached hydrogens (tertiary/aromatic N) is 2. The van der Waals surface area contributed by atoms with E-state index in [1.165, 1.54) is 24.3 Å². The van der Waals surface area contributed by atoms with Gasteiger partial charge in [-0.1, -0.05) is 18.2 Å². The summed E-state index contributed by atoms with van der Waals surface area (Å²) >= 11 is -0.168. The number of pyridine rings is 1. The molecule has 1 heterocycles. The predicted octanol–water partition coefficient (Wildman–Crippen LogP) is 4.76. The minimum absolute atomic E-state index is 0.107. The Bertz CT molecular complexity index is 671. The number of rotatable bonds is 3. The average Bonchev–Trinajstić information content (AvgIpc) is 2.46. The van der Waals surface area contributed by atoms with Crippen LogP contribution in [0, 0.1) is 11.3 Å². The number of aromatic nitrogens is 1. The molecule has 0 spiro atoms. The van der Waals surface area contributed by atoms with E-state index in [-0.39, 0.29) is 16.7 Å². The summed E-state index contributed by atoms with van der Waals surface area (Å²) in [5, 5.41) is 9.14. The fourth-order valence-electron chi connectivity index (χ4n) is 1.62. The second-order valence-corrected chi connectivity index (χ2v) is 5.14. The molecule has 1 aromatic heterocycles. The fraction of sp³-hybridized carbons (Fsp3) is 0.0667. The van der Waals surface area contributed by atoms with E-state index in [1.807, 2.05) is 6.07 Å². The molecule has 2 nitrogen and oxygen atoms in total. The van der Waals surface area contributed by atoms with Gasteiger partial charge >= 0.3 is 5.51 Å². The van der Waals surface area contributed by atoms with Crippen LogP contribution >= 0.6 is 11.8 Å². The van der Waals surface area contributed by atoms with Crippen molar-refractivity contribution in [2.75, 3.05) is 0 Å². The summed E-state index contributed by atoms with van der Waals surface area (Å²) in [6.07, 6.45) is 3.16. The average molecular weight is 306 g/mol. The van der Waals surface area contributed by atoms with Crippen molar-refractivity contribution in [3.63, 3.8) is 0 Å². The van der Waals surface area contributed by atoms with Crippen LogP contribution in [0.1, 0.15) is 11.3 Å². The van der Waals surface area contributed by atoms with Crippen molar-refractivity contribution < 1.29 is 13.2 Å². The molecule has 6 heteroatoms. The largest absolute Gasteiger partial charge is 0.446 e. The molecule has 2 rings (SSSR count). The standard InChI is InChI=1S/C15H9F3N2S/c16-15(17,18)21-13-6-4-11(5-7-13)9-12(10-19)14-3-1-2-8-20-14/h1-9H/b12-9-. The van der Waals surface area contributed by atoms with Gasteiger partial charge in [0, 0.05) is 11.1 Å². The Morgan fingerprint density at radius 2 is 1.86 bits per heavy atom. The number of hydrogen-bond acceptors (Lipinski definition) is 3. The van der Waals surface area contributed by atoms with Gasteiger partial charge < -0.3 is 0 Å². The van der Waals surface area contributed by atoms with Crippen LogP contribution in [-0.2, 0) is 0 Å². The molecule has 0 amide bonds. The van der Waals surface area contributed by atoms with Crippen LogP contribution in [0.25, 0.3) is 11.6 Å². The maximum atomic E-state index is 12.2. The molecule has 0 radical (unpaired) electrons. The number of halogens is 3. The van der Waals surface area contributed by atoms with Gasteiger partial charge in [-0.25, -0.2) is 0 Å². The van der Waals surface area contributed by atoms with Gasteiger partial charge in [-0.2, -0.15) is 18.4 Å². The summed E-state index contributed by atoms with van der Waals surface area (Å²) in [5.74, 6) is 0. The van der Waals surface area contributed by atoms with Crippen LogP contribution in [-0.4, -0.2) is 10.5 Å². The minimum Gasteiger partial charge on any atom is -0.256 e. The van der Waals surface area contributed by atoms with Gasteiger partial charge in [0.15, 0.2) is 0 Å². The zero-order valence-corrected chi connectivity index (χ0v) is 11.4. The molecule has 21 heavy (non-hydrogen) atoms. The predicted molar refractivity (Wildman–Crippen MR) is 76.1 cm³/mol. The zero-order valence-electron chi connectivity index (χ0n) is 10.6. The Hall–Kier alpha value is -2.26. The van der Waals surface area contributed by atoms with Crippen molar-refractivity contribution in [3.05, 3.63) is 59.9 Å². The lowest BCUT2D eigenvalue weighted by Crippen LogP contribution is -1.98. The Morgan fingerprint density at radius 3 is 2.38 bits per heavy atom. The molecule has 0 atom stereocenters. The Morgan fingerprint density at radius 1 is 1.14 bits per heavy atom. The number of benzene rings is 1. The molecule has 0 saturated heterocycles. The van der Waals surface area contributed by atoms with E-state index >= 15 is 0 Å². The first-order valence-electron chi connectivity index (χ1n) is 5.87. The van der Waals surface area contributed by atoms with E-state index in [2.05, 4.69) is 4.98 Å². The van der Waals surface area contributed by atoms with Crippen LogP contribution in [0.5, 0.6) is 0 Å². The van der Waals surface area contributed by atoms with Crippen molar-refractivity contribution in [2.45, 2.75) is 10.4 Å². The first-order chi connectivity index (χ1) is 9.98. The molecule has 0 bridgehead atoms. The van der Waals surface area contributed by atoms with Crippen LogP contribution in [0.2, 0.25) is 0 Å². The van der Waals surface area contributed by atoms with Crippen LogP contribution < -0.4 is 0 Å². The Labute approximate surface area is 123 Å². The quantitative estimate of drug-likeness (QED) is 0.606. The molecular weight excluding hydrogens is 297 g/mol. The Kier molecular flexibility index (Phi) is 4.66.